The van der Waals surface area contributed by atoms with Gasteiger partial charge in [0.1, 0.15) is 17.6 Å². The van der Waals surface area contributed by atoms with E-state index in [1.807, 2.05) is 4.90 Å². The fraction of sp³-hybridized carbons (Fsp3) is 0.526. The van der Waals surface area contributed by atoms with Gasteiger partial charge in [0.05, 0.1) is 19.2 Å². The molecule has 0 aromatic heterocycles. The van der Waals surface area contributed by atoms with Crippen molar-refractivity contribution < 1.29 is 23.9 Å². The fourth-order valence-corrected chi connectivity index (χ4v) is 3.14. The highest BCUT2D eigenvalue weighted by Gasteiger charge is 2.35. The van der Waals surface area contributed by atoms with Crippen molar-refractivity contribution in [3.63, 3.8) is 0 Å². The highest BCUT2D eigenvalue weighted by Crippen LogP contribution is 2.32. The van der Waals surface area contributed by atoms with Crippen molar-refractivity contribution >= 4 is 17.7 Å². The van der Waals surface area contributed by atoms with Gasteiger partial charge in [-0.3, -0.25) is 14.4 Å². The number of nitrogens with one attached hydrogen (secondary N) is 1. The number of methoxy groups -OCH3 is 1. The van der Waals surface area contributed by atoms with Crippen LogP contribution in [-0.4, -0.2) is 55.5 Å². The van der Waals surface area contributed by atoms with Crippen LogP contribution in [0.1, 0.15) is 36.0 Å². The molecule has 1 saturated carbocycles. The first-order valence-corrected chi connectivity index (χ1v) is 9.18. The summed E-state index contributed by atoms with van der Waals surface area (Å²) in [6, 6.07) is 4.96. The normalized spacial score (nSPS) is 17.3. The summed E-state index contributed by atoms with van der Waals surface area (Å²) in [5.41, 5.74) is 5.37. The summed E-state index contributed by atoms with van der Waals surface area (Å²) in [6.45, 7) is 1.08. The summed E-state index contributed by atoms with van der Waals surface area (Å²) >= 11 is 0. The number of carbonyl (C=O) groups excluding carboxylic acids is 3. The summed E-state index contributed by atoms with van der Waals surface area (Å²) in [4.78, 5) is 37.4. The Balaban J connectivity index is 1.64. The number of likely N-dealkylation sites (tertiary alicyclic amines) is 1. The molecule has 1 aromatic rings. The molecule has 0 bridgehead atoms. The van der Waals surface area contributed by atoms with Gasteiger partial charge in [0, 0.05) is 31.8 Å². The number of nitrogens with two attached hydrogens (primary N) is 1. The SMILES string of the molecule is COc1ccc(OC2CCN(C(=O)C3CC3)CC2)c(C(=O)NCC(N)=O)c1. The van der Waals surface area contributed by atoms with Gasteiger partial charge in [-0.1, -0.05) is 0 Å². The smallest absolute Gasteiger partial charge is 0.255 e. The van der Waals surface area contributed by atoms with Crippen molar-refractivity contribution in [2.75, 3.05) is 26.7 Å². The van der Waals surface area contributed by atoms with Crippen LogP contribution < -0.4 is 20.5 Å². The van der Waals surface area contributed by atoms with Crippen LogP contribution in [0.15, 0.2) is 18.2 Å². The molecular formula is C19H25N3O5. The summed E-state index contributed by atoms with van der Waals surface area (Å²) in [7, 11) is 1.51. The predicted octanol–water partition coefficient (Wildman–Crippen LogP) is 0.690. The number of nitrogens with zero attached hydrogens (tertiary/aromatic N) is 1. The molecule has 1 aliphatic heterocycles. The van der Waals surface area contributed by atoms with Gasteiger partial charge in [0.15, 0.2) is 0 Å². The van der Waals surface area contributed by atoms with E-state index in [1.54, 1.807) is 18.2 Å². The van der Waals surface area contributed by atoms with E-state index in [1.165, 1.54) is 7.11 Å². The van der Waals surface area contributed by atoms with E-state index in [4.69, 9.17) is 15.2 Å². The third-order valence-corrected chi connectivity index (χ3v) is 4.83. The van der Waals surface area contributed by atoms with Gasteiger partial charge in [-0.2, -0.15) is 0 Å². The largest absolute Gasteiger partial charge is 0.497 e. The molecule has 8 heteroatoms. The van der Waals surface area contributed by atoms with Crippen LogP contribution >= 0.6 is 0 Å². The Morgan fingerprint density at radius 1 is 1.19 bits per heavy atom. The minimum absolute atomic E-state index is 0.0793. The highest BCUT2D eigenvalue weighted by atomic mass is 16.5. The first-order chi connectivity index (χ1) is 13.0. The molecule has 3 rings (SSSR count). The monoisotopic (exact) mass is 375 g/mol. The van der Waals surface area contributed by atoms with E-state index in [9.17, 15) is 14.4 Å². The maximum atomic E-state index is 12.4. The Kier molecular flexibility index (Phi) is 5.83. The molecule has 27 heavy (non-hydrogen) atoms. The molecule has 2 fully saturated rings. The first kappa shape index (κ1) is 19.0. The third-order valence-electron chi connectivity index (χ3n) is 4.83. The van der Waals surface area contributed by atoms with E-state index in [0.717, 1.165) is 12.8 Å². The van der Waals surface area contributed by atoms with Crippen LogP contribution in [0, 0.1) is 5.92 Å². The van der Waals surface area contributed by atoms with E-state index in [2.05, 4.69) is 5.32 Å². The second-order valence-electron chi connectivity index (χ2n) is 6.93. The number of ether oxygens (including phenoxy) is 2. The lowest BCUT2D eigenvalue weighted by molar-refractivity contribution is -0.134. The Labute approximate surface area is 158 Å². The number of rotatable bonds is 7. The van der Waals surface area contributed by atoms with Gasteiger partial charge in [-0.15, -0.1) is 0 Å². The lowest BCUT2D eigenvalue weighted by Gasteiger charge is -2.32. The number of carbonyl (C=O) groups is 3. The van der Waals surface area contributed by atoms with Crippen molar-refractivity contribution in [3.05, 3.63) is 23.8 Å². The number of primary amides is 1. The number of benzene rings is 1. The van der Waals surface area contributed by atoms with Crippen LogP contribution in [0.5, 0.6) is 11.5 Å². The second-order valence-corrected chi connectivity index (χ2v) is 6.93. The van der Waals surface area contributed by atoms with E-state index < -0.39 is 11.8 Å². The van der Waals surface area contributed by atoms with Crippen LogP contribution in [-0.2, 0) is 9.59 Å². The van der Waals surface area contributed by atoms with Gasteiger partial charge in [-0.05, 0) is 31.0 Å². The summed E-state index contributed by atoms with van der Waals surface area (Å²) in [6.07, 6.45) is 3.36. The van der Waals surface area contributed by atoms with Gasteiger partial charge in [0.25, 0.3) is 5.91 Å². The van der Waals surface area contributed by atoms with Crippen LogP contribution in [0.4, 0.5) is 0 Å². The molecule has 1 saturated heterocycles. The lowest BCUT2D eigenvalue weighted by Crippen LogP contribution is -2.42. The molecule has 1 aromatic carbocycles. The minimum Gasteiger partial charge on any atom is -0.497 e. The van der Waals surface area contributed by atoms with Crippen LogP contribution in [0.25, 0.3) is 0 Å². The molecule has 146 valence electrons. The van der Waals surface area contributed by atoms with E-state index in [0.29, 0.717) is 37.4 Å². The van der Waals surface area contributed by atoms with Gasteiger partial charge < -0.3 is 25.4 Å². The average molecular weight is 375 g/mol. The molecule has 2 aliphatic rings. The first-order valence-electron chi connectivity index (χ1n) is 9.18. The zero-order valence-electron chi connectivity index (χ0n) is 15.4. The molecular weight excluding hydrogens is 350 g/mol. The Morgan fingerprint density at radius 2 is 1.89 bits per heavy atom. The molecule has 0 spiro atoms. The molecule has 3 amide bonds. The fourth-order valence-electron chi connectivity index (χ4n) is 3.14. The minimum atomic E-state index is -0.624. The van der Waals surface area contributed by atoms with Gasteiger partial charge >= 0.3 is 0 Å². The van der Waals surface area contributed by atoms with Gasteiger partial charge in [-0.25, -0.2) is 0 Å². The van der Waals surface area contributed by atoms with Crippen molar-refractivity contribution in [1.29, 1.82) is 0 Å². The Bertz CT molecular complexity index is 724. The Morgan fingerprint density at radius 3 is 2.48 bits per heavy atom. The summed E-state index contributed by atoms with van der Waals surface area (Å²) in [5, 5.41) is 2.47. The number of hydrogen-bond acceptors (Lipinski definition) is 5. The molecule has 1 aliphatic carbocycles. The molecule has 8 nitrogen and oxygen atoms in total. The van der Waals surface area contributed by atoms with E-state index >= 15 is 0 Å². The standard InChI is InChI=1S/C19H25N3O5/c1-26-14-4-5-16(15(10-14)18(24)21-11-17(20)23)27-13-6-8-22(9-7-13)19(25)12-2-3-12/h4-5,10,12-13H,2-3,6-9,11H2,1H3,(H2,20,23)(H,21,24). The second kappa shape index (κ2) is 8.28. The maximum Gasteiger partial charge on any atom is 0.255 e. The molecule has 0 radical (unpaired) electrons. The highest BCUT2D eigenvalue weighted by molar-refractivity contribution is 5.99. The van der Waals surface area contributed by atoms with Crippen molar-refractivity contribution in [1.82, 2.24) is 10.2 Å². The van der Waals surface area contributed by atoms with Crippen LogP contribution in [0.2, 0.25) is 0 Å². The average Bonchev–Trinajstić information content (AvgIpc) is 3.51. The number of piperidine rings is 1. The number of amides is 3. The lowest BCUT2D eigenvalue weighted by atomic mass is 10.1. The predicted molar refractivity (Wildman–Crippen MR) is 97.5 cm³/mol. The van der Waals surface area contributed by atoms with Gasteiger partial charge in [0.2, 0.25) is 11.8 Å². The third kappa shape index (κ3) is 4.90. The van der Waals surface area contributed by atoms with Crippen molar-refractivity contribution in [2.45, 2.75) is 31.8 Å². The maximum absolute atomic E-state index is 12.4. The zero-order chi connectivity index (χ0) is 19.4. The molecule has 3 N–H and O–H groups in total. The molecule has 0 atom stereocenters. The van der Waals surface area contributed by atoms with Crippen molar-refractivity contribution in [3.8, 4) is 11.5 Å². The molecule has 0 unspecified atom stereocenters. The molecule has 1 heterocycles. The van der Waals surface area contributed by atoms with E-state index in [-0.39, 0.29) is 30.0 Å². The summed E-state index contributed by atoms with van der Waals surface area (Å²) < 4.78 is 11.2. The zero-order valence-corrected chi connectivity index (χ0v) is 15.4. The quantitative estimate of drug-likeness (QED) is 0.728. The van der Waals surface area contributed by atoms with Crippen molar-refractivity contribution in [2.24, 2.45) is 11.7 Å². The topological polar surface area (TPSA) is 111 Å². The summed E-state index contributed by atoms with van der Waals surface area (Å²) in [5.74, 6) is 0.334. The number of hydrogen-bond donors (Lipinski definition) is 2. The van der Waals surface area contributed by atoms with Crippen LogP contribution in [0.3, 0.4) is 0 Å². The Hall–Kier alpha value is -2.77.